The molecule has 3 rings (SSSR count). The number of nitrogens with one attached hydrogen (secondary N) is 2. The Bertz CT molecular complexity index is 1130. The number of aliphatic hydroxyl groups is 1. The van der Waals surface area contributed by atoms with Gasteiger partial charge in [0.15, 0.2) is 0 Å². The first kappa shape index (κ1) is 28.4. The van der Waals surface area contributed by atoms with Gasteiger partial charge in [-0.15, -0.1) is 0 Å². The van der Waals surface area contributed by atoms with Crippen LogP contribution in [-0.4, -0.2) is 62.0 Å². The molecule has 0 unspecified atom stereocenters. The van der Waals surface area contributed by atoms with Gasteiger partial charge in [0, 0.05) is 36.5 Å². The van der Waals surface area contributed by atoms with Crippen molar-refractivity contribution in [2.75, 3.05) is 6.54 Å². The van der Waals surface area contributed by atoms with E-state index in [1.165, 1.54) is 4.90 Å². The van der Waals surface area contributed by atoms with Gasteiger partial charge < -0.3 is 25.2 Å². The summed E-state index contributed by atoms with van der Waals surface area (Å²) in [5.41, 5.74) is 0.622. The summed E-state index contributed by atoms with van der Waals surface area (Å²) in [6.07, 6.45) is 2.97. The molecule has 0 bridgehead atoms. The summed E-state index contributed by atoms with van der Waals surface area (Å²) >= 11 is 0. The van der Waals surface area contributed by atoms with Crippen LogP contribution in [-0.2, 0) is 14.4 Å². The predicted octanol–water partition coefficient (Wildman–Crippen LogP) is 2.90. The van der Waals surface area contributed by atoms with Crippen molar-refractivity contribution in [1.29, 1.82) is 0 Å². The summed E-state index contributed by atoms with van der Waals surface area (Å²) < 4.78 is 1.97. The minimum Gasteiger partial charge on any atom is -0.391 e. The predicted molar refractivity (Wildman–Crippen MR) is 142 cm³/mol. The number of aromatic nitrogens is 2. The van der Waals surface area contributed by atoms with Crippen LogP contribution < -0.4 is 10.6 Å². The van der Waals surface area contributed by atoms with Gasteiger partial charge in [0.2, 0.25) is 17.7 Å². The number of carbonyl (C=O) groups excluding carboxylic acids is 3. The Morgan fingerprint density at radius 2 is 1.68 bits per heavy atom. The van der Waals surface area contributed by atoms with E-state index in [2.05, 4.69) is 15.6 Å². The summed E-state index contributed by atoms with van der Waals surface area (Å²) in [6, 6.07) is 5.86. The molecule has 1 aliphatic heterocycles. The van der Waals surface area contributed by atoms with Gasteiger partial charge in [-0.3, -0.25) is 14.4 Å². The smallest absolute Gasteiger partial charge is 0.246 e. The van der Waals surface area contributed by atoms with E-state index < -0.39 is 29.0 Å². The lowest BCUT2D eigenvalue weighted by Crippen LogP contribution is -2.59. The Balaban J connectivity index is 1.74. The first-order valence-corrected chi connectivity index (χ1v) is 12.8. The number of carbonyl (C=O) groups is 3. The third kappa shape index (κ3) is 6.57. The van der Waals surface area contributed by atoms with Crippen LogP contribution in [0.4, 0.5) is 0 Å². The molecule has 0 radical (unpaired) electrons. The van der Waals surface area contributed by atoms with Gasteiger partial charge in [0.1, 0.15) is 17.9 Å². The maximum absolute atomic E-state index is 13.7. The summed E-state index contributed by atoms with van der Waals surface area (Å²) in [5.74, 6) is -0.0633. The molecule has 4 atom stereocenters. The number of hydrogen-bond acceptors (Lipinski definition) is 5. The Morgan fingerprint density at radius 3 is 2.19 bits per heavy atom. The van der Waals surface area contributed by atoms with Crippen molar-refractivity contribution in [3.8, 4) is 5.69 Å². The maximum Gasteiger partial charge on any atom is 0.246 e. The third-order valence-corrected chi connectivity index (χ3v) is 6.79. The number of β-amino-alcohol motifs (C(OH)–C–C–N with tert-alkyl or cyclic N) is 1. The number of nitrogens with zero attached hydrogens (tertiary/aromatic N) is 3. The van der Waals surface area contributed by atoms with E-state index in [-0.39, 0.29) is 36.7 Å². The van der Waals surface area contributed by atoms with Crippen LogP contribution >= 0.6 is 0 Å². The summed E-state index contributed by atoms with van der Waals surface area (Å²) in [6.45, 7) is 14.8. The van der Waals surface area contributed by atoms with Gasteiger partial charge in [0.25, 0.3) is 0 Å². The number of benzene rings is 1. The number of imidazole rings is 1. The molecule has 1 fully saturated rings. The second kappa shape index (κ2) is 10.7. The van der Waals surface area contributed by atoms with Crippen molar-refractivity contribution >= 4 is 17.7 Å². The molecule has 9 nitrogen and oxygen atoms in total. The molecule has 3 amide bonds. The lowest BCUT2D eigenvalue weighted by molar-refractivity contribution is -0.145. The minimum absolute atomic E-state index is 0.0439. The second-order valence-corrected chi connectivity index (χ2v) is 12.1. The number of rotatable bonds is 6. The van der Waals surface area contributed by atoms with Crippen LogP contribution in [0.5, 0.6) is 0 Å². The summed E-state index contributed by atoms with van der Waals surface area (Å²) in [4.78, 5) is 45.4. The Hall–Kier alpha value is -3.20. The monoisotopic (exact) mass is 511 g/mol. The fourth-order valence-corrected chi connectivity index (χ4v) is 4.44. The van der Waals surface area contributed by atoms with Crippen molar-refractivity contribution in [2.45, 2.75) is 86.0 Å². The lowest BCUT2D eigenvalue weighted by Gasteiger charge is -2.36. The molecule has 0 spiro atoms. The zero-order valence-corrected chi connectivity index (χ0v) is 23.2. The van der Waals surface area contributed by atoms with Gasteiger partial charge in [-0.05, 0) is 37.0 Å². The quantitative estimate of drug-likeness (QED) is 0.551. The van der Waals surface area contributed by atoms with E-state index in [9.17, 15) is 19.5 Å². The van der Waals surface area contributed by atoms with Gasteiger partial charge in [0.05, 0.1) is 12.1 Å². The second-order valence-electron chi connectivity index (χ2n) is 12.1. The average molecular weight is 512 g/mol. The number of hydrogen-bond donors (Lipinski definition) is 3. The molecule has 2 heterocycles. The molecule has 1 aromatic carbocycles. The number of aryl methyl sites for hydroxylation is 1. The highest BCUT2D eigenvalue weighted by Crippen LogP contribution is 2.28. The van der Waals surface area contributed by atoms with Crippen molar-refractivity contribution in [3.05, 3.63) is 48.0 Å². The van der Waals surface area contributed by atoms with E-state index in [1.54, 1.807) is 27.0 Å². The first-order chi connectivity index (χ1) is 17.1. The van der Waals surface area contributed by atoms with Crippen molar-refractivity contribution < 1.29 is 19.5 Å². The first-order valence-electron chi connectivity index (χ1n) is 12.8. The Morgan fingerprint density at radius 1 is 1.05 bits per heavy atom. The lowest BCUT2D eigenvalue weighted by atomic mass is 9.84. The molecule has 202 valence electrons. The van der Waals surface area contributed by atoms with E-state index >= 15 is 0 Å². The maximum atomic E-state index is 13.7. The van der Waals surface area contributed by atoms with Crippen LogP contribution in [0.2, 0.25) is 0 Å². The van der Waals surface area contributed by atoms with Gasteiger partial charge in [-0.25, -0.2) is 4.98 Å². The summed E-state index contributed by atoms with van der Waals surface area (Å²) in [5, 5.41) is 16.3. The average Bonchev–Trinajstić information content (AvgIpc) is 3.40. The standard InChI is InChI=1S/C28H41N5O4/c1-17(19-9-11-20(12-10-19)32-14-13-29-18(32)2)30-24(35)22-15-21(34)16-33(22)25(36)23(27(3,4)5)31-26(37)28(6,7)8/h9-14,17,21-23,34H,15-16H2,1-8H3,(H,30,35)(H,31,37)/t17-,21+,22-,23+/m0/s1. The summed E-state index contributed by atoms with van der Waals surface area (Å²) in [7, 11) is 0. The van der Waals surface area contributed by atoms with E-state index in [0.717, 1.165) is 17.1 Å². The fraction of sp³-hybridized carbons (Fsp3) is 0.571. The number of amides is 3. The number of likely N-dealkylation sites (tertiary alicyclic amines) is 1. The molecular formula is C28H41N5O4. The largest absolute Gasteiger partial charge is 0.391 e. The molecule has 9 heteroatoms. The van der Waals surface area contributed by atoms with Crippen molar-refractivity contribution in [3.63, 3.8) is 0 Å². The SMILES string of the molecule is Cc1nccn1-c1ccc([C@H](C)NC(=O)[C@@H]2C[C@@H](O)CN2C(=O)[C@@H](NC(=O)C(C)(C)C)C(C)(C)C)cc1. The van der Waals surface area contributed by atoms with Gasteiger partial charge in [-0.1, -0.05) is 53.7 Å². The molecule has 0 saturated carbocycles. The van der Waals surface area contributed by atoms with Crippen LogP contribution in [0.3, 0.4) is 0 Å². The van der Waals surface area contributed by atoms with Crippen molar-refractivity contribution in [1.82, 2.24) is 25.1 Å². The van der Waals surface area contributed by atoms with Crippen molar-refractivity contribution in [2.24, 2.45) is 10.8 Å². The molecule has 0 aliphatic carbocycles. The van der Waals surface area contributed by atoms with E-state index in [0.29, 0.717) is 0 Å². The van der Waals surface area contributed by atoms with Crippen LogP contribution in [0.15, 0.2) is 36.7 Å². The number of aliphatic hydroxyl groups excluding tert-OH is 1. The van der Waals surface area contributed by atoms with Gasteiger partial charge in [-0.2, -0.15) is 0 Å². The Labute approximate surface area is 219 Å². The fourth-order valence-electron chi connectivity index (χ4n) is 4.44. The highest BCUT2D eigenvalue weighted by Gasteiger charge is 2.45. The molecule has 37 heavy (non-hydrogen) atoms. The minimum atomic E-state index is -0.837. The molecule has 1 aliphatic rings. The van der Waals surface area contributed by atoms with Gasteiger partial charge >= 0.3 is 0 Å². The Kier molecular flexibility index (Phi) is 8.17. The van der Waals surface area contributed by atoms with Crippen LogP contribution in [0.1, 0.15) is 72.3 Å². The van der Waals surface area contributed by atoms with Crippen LogP contribution in [0, 0.1) is 17.8 Å². The zero-order chi connectivity index (χ0) is 27.7. The third-order valence-electron chi connectivity index (χ3n) is 6.79. The van der Waals surface area contributed by atoms with Crippen LogP contribution in [0.25, 0.3) is 5.69 Å². The molecule has 3 N–H and O–H groups in total. The highest BCUT2D eigenvalue weighted by molar-refractivity contribution is 5.94. The normalized spacial score (nSPS) is 19.9. The molecule has 1 saturated heterocycles. The molecule has 1 aromatic heterocycles. The molecular weight excluding hydrogens is 470 g/mol. The highest BCUT2D eigenvalue weighted by atomic mass is 16.3. The zero-order valence-electron chi connectivity index (χ0n) is 23.2. The topological polar surface area (TPSA) is 117 Å². The van der Waals surface area contributed by atoms with E-state index in [4.69, 9.17) is 0 Å². The molecule has 2 aromatic rings. The van der Waals surface area contributed by atoms with E-state index in [1.807, 2.05) is 69.6 Å².